The fourth-order valence-electron chi connectivity index (χ4n) is 2.90. The van der Waals surface area contributed by atoms with Crippen LogP contribution in [-0.4, -0.2) is 5.78 Å². The molecule has 3 rings (SSSR count). The molecule has 90 valence electrons. The average Bonchev–Trinajstić information content (AvgIpc) is 2.49. The van der Waals surface area contributed by atoms with Crippen LogP contribution in [0, 0.1) is 13.8 Å². The van der Waals surface area contributed by atoms with Crippen LogP contribution in [0.15, 0.2) is 36.4 Å². The molecule has 0 spiro atoms. The summed E-state index contributed by atoms with van der Waals surface area (Å²) in [7, 11) is 0. The zero-order chi connectivity index (χ0) is 12.7. The Morgan fingerprint density at radius 1 is 0.944 bits per heavy atom. The topological polar surface area (TPSA) is 17.1 Å². The number of aryl methyl sites for hydroxylation is 3. The molecule has 2 aromatic rings. The summed E-state index contributed by atoms with van der Waals surface area (Å²) in [5, 5.41) is 0. The molecule has 1 heteroatoms. The summed E-state index contributed by atoms with van der Waals surface area (Å²) in [4.78, 5) is 12.6. The molecule has 0 fully saturated rings. The molecule has 0 unspecified atom stereocenters. The van der Waals surface area contributed by atoms with E-state index >= 15 is 0 Å². The predicted octanol–water partition coefficient (Wildman–Crippen LogP) is 3.63. The van der Waals surface area contributed by atoms with E-state index in [1.54, 1.807) is 0 Å². The van der Waals surface area contributed by atoms with Gasteiger partial charge in [-0.2, -0.15) is 0 Å². The van der Waals surface area contributed by atoms with Gasteiger partial charge in [-0.25, -0.2) is 0 Å². The van der Waals surface area contributed by atoms with Crippen molar-refractivity contribution in [2.24, 2.45) is 0 Å². The Labute approximate surface area is 107 Å². The fourth-order valence-corrected chi connectivity index (χ4v) is 2.90. The van der Waals surface area contributed by atoms with Crippen LogP contribution in [0.3, 0.4) is 0 Å². The highest BCUT2D eigenvalue weighted by Gasteiger charge is 2.21. The quantitative estimate of drug-likeness (QED) is 0.682. The summed E-state index contributed by atoms with van der Waals surface area (Å²) in [5.41, 5.74) is 6.58. The molecule has 0 bridgehead atoms. The smallest absolute Gasteiger partial charge is 0.193 e. The molecule has 1 nitrogen and oxygen atoms in total. The van der Waals surface area contributed by atoms with Crippen molar-refractivity contribution in [3.63, 3.8) is 0 Å². The number of ketones is 1. The molecule has 2 aromatic carbocycles. The third kappa shape index (κ3) is 1.67. The van der Waals surface area contributed by atoms with Crippen molar-refractivity contribution in [2.45, 2.75) is 26.7 Å². The lowest BCUT2D eigenvalue weighted by Gasteiger charge is -2.10. The molecule has 0 saturated carbocycles. The van der Waals surface area contributed by atoms with Gasteiger partial charge in [-0.1, -0.05) is 35.9 Å². The Kier molecular flexibility index (Phi) is 2.55. The van der Waals surface area contributed by atoms with Crippen LogP contribution in [-0.2, 0) is 12.8 Å². The lowest BCUT2D eigenvalue weighted by molar-refractivity contribution is 0.103. The zero-order valence-electron chi connectivity index (χ0n) is 10.8. The second-order valence-electron chi connectivity index (χ2n) is 5.09. The van der Waals surface area contributed by atoms with E-state index in [9.17, 15) is 4.79 Å². The molecule has 1 aliphatic carbocycles. The summed E-state index contributed by atoms with van der Waals surface area (Å²) >= 11 is 0. The maximum absolute atomic E-state index is 12.6. The molecule has 0 saturated heterocycles. The Balaban J connectivity index is 2.25. The van der Waals surface area contributed by atoms with Crippen LogP contribution in [0.1, 0.15) is 38.2 Å². The van der Waals surface area contributed by atoms with Crippen LogP contribution < -0.4 is 0 Å². The number of carbonyl (C=O) groups excluding carboxylic acids is 1. The number of carbonyl (C=O) groups is 1. The third-order valence-electron chi connectivity index (χ3n) is 3.77. The van der Waals surface area contributed by atoms with Gasteiger partial charge in [0.25, 0.3) is 0 Å². The minimum Gasteiger partial charge on any atom is -0.289 e. The van der Waals surface area contributed by atoms with Crippen molar-refractivity contribution in [2.75, 3.05) is 0 Å². The molecule has 1 aliphatic rings. The summed E-state index contributed by atoms with van der Waals surface area (Å²) in [6, 6.07) is 12.2. The second-order valence-corrected chi connectivity index (χ2v) is 5.09. The summed E-state index contributed by atoms with van der Waals surface area (Å²) in [5.74, 6) is 0.185. The molecule has 0 aromatic heterocycles. The number of rotatable bonds is 0. The van der Waals surface area contributed by atoms with E-state index in [2.05, 4.69) is 26.0 Å². The number of fused-ring (bicyclic) bond motifs is 2. The highest BCUT2D eigenvalue weighted by Crippen LogP contribution is 2.27. The van der Waals surface area contributed by atoms with Crippen molar-refractivity contribution in [3.05, 3.63) is 69.8 Å². The number of benzene rings is 2. The lowest BCUT2D eigenvalue weighted by Crippen LogP contribution is -2.05. The molecule has 0 radical (unpaired) electrons. The van der Waals surface area contributed by atoms with Gasteiger partial charge in [0.05, 0.1) is 0 Å². The molecule has 0 atom stereocenters. The monoisotopic (exact) mass is 236 g/mol. The molecule has 0 N–H and O–H groups in total. The van der Waals surface area contributed by atoms with Gasteiger partial charge in [-0.3, -0.25) is 4.79 Å². The highest BCUT2D eigenvalue weighted by atomic mass is 16.1. The Morgan fingerprint density at radius 2 is 1.72 bits per heavy atom. The van der Waals surface area contributed by atoms with Gasteiger partial charge in [0.15, 0.2) is 5.78 Å². The van der Waals surface area contributed by atoms with Gasteiger partial charge in [0.1, 0.15) is 0 Å². The molecule has 0 amide bonds. The van der Waals surface area contributed by atoms with E-state index in [-0.39, 0.29) is 5.78 Å². The fraction of sp³-hybridized carbons (Fsp3) is 0.235. The molecule has 0 heterocycles. The van der Waals surface area contributed by atoms with Gasteiger partial charge in [-0.15, -0.1) is 0 Å². The Morgan fingerprint density at radius 3 is 2.56 bits per heavy atom. The van der Waals surface area contributed by atoms with Crippen LogP contribution in [0.4, 0.5) is 0 Å². The van der Waals surface area contributed by atoms with Crippen LogP contribution in [0.2, 0.25) is 0 Å². The van der Waals surface area contributed by atoms with Crippen LogP contribution in [0.5, 0.6) is 0 Å². The maximum atomic E-state index is 12.6. The van der Waals surface area contributed by atoms with E-state index in [4.69, 9.17) is 0 Å². The average molecular weight is 236 g/mol. The van der Waals surface area contributed by atoms with Crippen molar-refractivity contribution < 1.29 is 4.79 Å². The first-order valence-corrected chi connectivity index (χ1v) is 6.39. The normalized spacial score (nSPS) is 13.8. The predicted molar refractivity (Wildman–Crippen MR) is 73.2 cm³/mol. The van der Waals surface area contributed by atoms with E-state index in [0.29, 0.717) is 0 Å². The molecular formula is C17H16O. The van der Waals surface area contributed by atoms with Crippen molar-refractivity contribution in [3.8, 4) is 0 Å². The van der Waals surface area contributed by atoms with E-state index in [0.717, 1.165) is 24.0 Å². The second kappa shape index (κ2) is 4.09. The van der Waals surface area contributed by atoms with Gasteiger partial charge < -0.3 is 0 Å². The first-order chi connectivity index (χ1) is 8.66. The molecule has 18 heavy (non-hydrogen) atoms. The molecular weight excluding hydrogens is 220 g/mol. The SMILES string of the molecule is Cc1cc(C)c2c(c1)C(=O)c1ccccc1CC2. The largest absolute Gasteiger partial charge is 0.289 e. The van der Waals surface area contributed by atoms with E-state index in [1.807, 2.05) is 24.3 Å². The lowest BCUT2D eigenvalue weighted by atomic mass is 9.94. The van der Waals surface area contributed by atoms with Gasteiger partial charge >= 0.3 is 0 Å². The van der Waals surface area contributed by atoms with E-state index in [1.165, 1.54) is 22.3 Å². The summed E-state index contributed by atoms with van der Waals surface area (Å²) < 4.78 is 0. The first kappa shape index (κ1) is 11.2. The van der Waals surface area contributed by atoms with Gasteiger partial charge in [0, 0.05) is 11.1 Å². The van der Waals surface area contributed by atoms with Crippen LogP contribution >= 0.6 is 0 Å². The maximum Gasteiger partial charge on any atom is 0.193 e. The Hall–Kier alpha value is -1.89. The Bertz CT molecular complexity index is 638. The first-order valence-electron chi connectivity index (χ1n) is 6.39. The van der Waals surface area contributed by atoms with E-state index < -0.39 is 0 Å². The third-order valence-corrected chi connectivity index (χ3v) is 3.77. The van der Waals surface area contributed by atoms with Gasteiger partial charge in [-0.05, 0) is 49.4 Å². The zero-order valence-corrected chi connectivity index (χ0v) is 10.8. The van der Waals surface area contributed by atoms with Crippen molar-refractivity contribution in [1.29, 1.82) is 0 Å². The van der Waals surface area contributed by atoms with Crippen LogP contribution in [0.25, 0.3) is 0 Å². The minimum absolute atomic E-state index is 0.185. The van der Waals surface area contributed by atoms with Crippen molar-refractivity contribution in [1.82, 2.24) is 0 Å². The standard InChI is InChI=1S/C17H16O/c1-11-9-12(2)14-8-7-13-5-3-4-6-15(13)17(18)16(14)10-11/h3-6,9-10H,7-8H2,1-2H3. The molecule has 0 aliphatic heterocycles. The van der Waals surface area contributed by atoms with Gasteiger partial charge in [0.2, 0.25) is 0 Å². The summed E-state index contributed by atoms with van der Waals surface area (Å²) in [6.45, 7) is 4.16. The highest BCUT2D eigenvalue weighted by molar-refractivity contribution is 6.11. The number of hydrogen-bond acceptors (Lipinski definition) is 1. The summed E-state index contributed by atoms with van der Waals surface area (Å²) in [6.07, 6.45) is 1.92. The number of hydrogen-bond donors (Lipinski definition) is 0. The van der Waals surface area contributed by atoms with Crippen molar-refractivity contribution >= 4 is 5.78 Å². The minimum atomic E-state index is 0.185.